The minimum atomic E-state index is -0.719. The van der Waals surface area contributed by atoms with Gasteiger partial charge in [-0.1, -0.05) is 13.5 Å². The Morgan fingerprint density at radius 2 is 1.62 bits per heavy atom. The highest BCUT2D eigenvalue weighted by atomic mass is 79.9. The molecule has 0 atom stereocenters. The normalized spacial score (nSPS) is 18.1. The number of Topliss-reactive ketones (excluding diaryl/α,β-unsaturated/α-hetero) is 1. The van der Waals surface area contributed by atoms with Gasteiger partial charge in [-0.25, -0.2) is 0 Å². The monoisotopic (exact) mass is 594 g/mol. The van der Waals surface area contributed by atoms with Gasteiger partial charge in [0.05, 0.1) is 23.2 Å². The Kier molecular flexibility index (Phi) is 8.18. The zero-order valence-electron chi connectivity index (χ0n) is 18.9. The minimum absolute atomic E-state index is 0. The largest absolute Gasteiger partial charge is 0.496 e. The van der Waals surface area contributed by atoms with Gasteiger partial charge in [-0.15, -0.1) is 0 Å². The summed E-state index contributed by atoms with van der Waals surface area (Å²) in [7, 11) is 3.27. The van der Waals surface area contributed by atoms with E-state index in [1.807, 2.05) is 24.3 Å². The molecule has 2 saturated carbocycles. The molecule has 5 rings (SSSR count). The molecule has 0 unspecified atom stereocenters. The van der Waals surface area contributed by atoms with Gasteiger partial charge in [-0.05, 0) is 117 Å². The van der Waals surface area contributed by atoms with Crippen molar-refractivity contribution in [1.29, 1.82) is 0 Å². The fourth-order valence-corrected chi connectivity index (χ4v) is 5.89. The first kappa shape index (κ1) is 26.7. The Hall–Kier alpha value is -1.86. The van der Waals surface area contributed by atoms with Gasteiger partial charge in [0.15, 0.2) is 5.78 Å². The molecule has 0 saturated heterocycles. The van der Waals surface area contributed by atoms with E-state index in [4.69, 9.17) is 14.6 Å². The molecule has 1 spiro atoms. The first-order chi connectivity index (χ1) is 15.7. The molecule has 184 valence electrons. The first-order valence-electron chi connectivity index (χ1n) is 11.2. The van der Waals surface area contributed by atoms with E-state index < -0.39 is 5.97 Å². The van der Waals surface area contributed by atoms with Crippen LogP contribution >= 0.6 is 31.9 Å². The maximum absolute atomic E-state index is 11.9. The molecule has 2 aromatic rings. The Bertz CT molecular complexity index is 1090. The van der Waals surface area contributed by atoms with E-state index >= 15 is 0 Å². The Labute approximate surface area is 218 Å². The molecule has 0 aliphatic heterocycles. The van der Waals surface area contributed by atoms with Crippen molar-refractivity contribution in [3.05, 3.63) is 56.0 Å². The number of rotatable bonds is 6. The van der Waals surface area contributed by atoms with E-state index in [0.717, 1.165) is 51.7 Å². The van der Waals surface area contributed by atoms with E-state index in [1.165, 1.54) is 24.0 Å². The van der Waals surface area contributed by atoms with Gasteiger partial charge in [0.2, 0.25) is 0 Å². The van der Waals surface area contributed by atoms with Crippen LogP contribution in [0.25, 0.3) is 0 Å². The summed E-state index contributed by atoms with van der Waals surface area (Å²) in [6.07, 6.45) is 7.30. The van der Waals surface area contributed by atoms with Crippen LogP contribution in [0, 0.1) is 0 Å². The maximum Gasteiger partial charge on any atom is 0.303 e. The van der Waals surface area contributed by atoms with Crippen LogP contribution in [0.15, 0.2) is 39.3 Å². The number of benzene rings is 2. The highest BCUT2D eigenvalue weighted by Crippen LogP contribution is 2.56. The lowest BCUT2D eigenvalue weighted by atomic mass is 9.79. The summed E-state index contributed by atoms with van der Waals surface area (Å²) in [5.74, 6) is 1.11. The lowest BCUT2D eigenvalue weighted by molar-refractivity contribution is -0.137. The van der Waals surface area contributed by atoms with Crippen LogP contribution in [-0.4, -0.2) is 31.1 Å². The van der Waals surface area contributed by atoms with Crippen molar-refractivity contribution in [1.82, 2.24) is 0 Å². The van der Waals surface area contributed by atoms with Crippen molar-refractivity contribution in [3.8, 4) is 11.5 Å². The zero-order valence-corrected chi connectivity index (χ0v) is 22.1. The van der Waals surface area contributed by atoms with E-state index in [9.17, 15) is 9.59 Å². The van der Waals surface area contributed by atoms with Crippen molar-refractivity contribution in [2.24, 2.45) is 0 Å². The second kappa shape index (κ2) is 10.4. The highest BCUT2D eigenvalue weighted by Gasteiger charge is 2.49. The van der Waals surface area contributed by atoms with E-state index in [0.29, 0.717) is 11.8 Å². The van der Waals surface area contributed by atoms with Gasteiger partial charge in [0.25, 0.3) is 0 Å². The van der Waals surface area contributed by atoms with Gasteiger partial charge in [0, 0.05) is 18.4 Å². The van der Waals surface area contributed by atoms with Crippen LogP contribution in [0.1, 0.15) is 80.3 Å². The van der Waals surface area contributed by atoms with Crippen molar-refractivity contribution < 1.29 is 24.2 Å². The van der Waals surface area contributed by atoms with Crippen LogP contribution in [0.2, 0.25) is 0 Å². The molecular weight excluding hydrogens is 564 g/mol. The lowest BCUT2D eigenvalue weighted by Gasteiger charge is -2.25. The third-order valence-electron chi connectivity index (χ3n) is 7.28. The maximum atomic E-state index is 11.9. The van der Waals surface area contributed by atoms with Gasteiger partial charge in [-0.3, -0.25) is 9.59 Å². The number of halogens is 2. The van der Waals surface area contributed by atoms with Crippen LogP contribution in [0.5, 0.6) is 11.5 Å². The van der Waals surface area contributed by atoms with Crippen LogP contribution in [0.3, 0.4) is 0 Å². The number of hydrogen-bond acceptors (Lipinski definition) is 4. The summed E-state index contributed by atoms with van der Waals surface area (Å²) in [6, 6.07) is 9.99. The van der Waals surface area contributed by atoms with Crippen molar-refractivity contribution in [2.75, 3.05) is 14.2 Å². The number of fused-ring (bicyclic) bond motifs is 2. The fourth-order valence-electron chi connectivity index (χ4n) is 4.85. The van der Waals surface area contributed by atoms with Gasteiger partial charge in [-0.2, -0.15) is 0 Å². The Balaban J connectivity index is 0.000000185. The molecule has 7 heteroatoms. The number of carbonyl (C=O) groups excluding carboxylic acids is 1. The van der Waals surface area contributed by atoms with Crippen molar-refractivity contribution >= 4 is 43.6 Å². The van der Waals surface area contributed by atoms with E-state index in [-0.39, 0.29) is 25.0 Å². The molecule has 0 amide bonds. The predicted octanol–water partition coefficient (Wildman–Crippen LogP) is 7.46. The number of carbonyl (C=O) groups is 2. The van der Waals surface area contributed by atoms with E-state index in [2.05, 4.69) is 37.9 Å². The number of carboxylic acids is 1. The zero-order chi connectivity index (χ0) is 23.8. The average Bonchev–Trinajstić information content (AvgIpc) is 3.72. The Morgan fingerprint density at radius 1 is 0.971 bits per heavy atom. The highest BCUT2D eigenvalue weighted by molar-refractivity contribution is 9.10. The molecule has 0 aromatic heterocycles. The van der Waals surface area contributed by atoms with Crippen molar-refractivity contribution in [3.63, 3.8) is 0 Å². The third kappa shape index (κ3) is 5.35. The summed E-state index contributed by atoms with van der Waals surface area (Å²) in [5.41, 5.74) is 3.73. The quantitative estimate of drug-likeness (QED) is 0.375. The minimum Gasteiger partial charge on any atom is -0.496 e. The van der Waals surface area contributed by atoms with Gasteiger partial charge in [0.1, 0.15) is 11.5 Å². The molecule has 34 heavy (non-hydrogen) atoms. The van der Waals surface area contributed by atoms with Crippen molar-refractivity contribution in [2.45, 2.75) is 69.6 Å². The van der Waals surface area contributed by atoms with Crippen LogP contribution in [0.4, 0.5) is 0 Å². The molecule has 2 fully saturated rings. The first-order valence-corrected chi connectivity index (χ1v) is 12.8. The van der Waals surface area contributed by atoms with Crippen LogP contribution < -0.4 is 9.47 Å². The Morgan fingerprint density at radius 3 is 2.15 bits per heavy atom. The van der Waals surface area contributed by atoms with Gasteiger partial charge < -0.3 is 14.6 Å². The molecule has 3 aliphatic carbocycles. The average molecular weight is 596 g/mol. The lowest BCUT2D eigenvalue weighted by Crippen LogP contribution is -2.21. The number of carboxylic acid groups (broad SMARTS) is 1. The number of hydrogen-bond donors (Lipinski definition) is 1. The second-order valence-corrected chi connectivity index (χ2v) is 11.0. The summed E-state index contributed by atoms with van der Waals surface area (Å²) < 4.78 is 12.3. The second-order valence-electron chi connectivity index (χ2n) is 9.26. The fraction of sp³-hybridized carbons (Fsp3) is 0.481. The molecule has 0 bridgehead atoms. The van der Waals surface area contributed by atoms with Gasteiger partial charge >= 0.3 is 5.97 Å². The molecule has 5 nitrogen and oxygen atoms in total. The standard InChI is InChI=1S/C13H15BrO3.C13H13BrO2.CH4/c1-17-11-3-2-9(8-10(11)14)13(6-7-13)5-4-12(15)16;1-16-12-6-8-9(7-10(12)14)13(4-5-13)3-2-11(8)15;/h2-3,8H,4-7H2,1H3,(H,15,16);6-7H,2-5H2,1H3;1H4. The molecule has 0 heterocycles. The summed E-state index contributed by atoms with van der Waals surface area (Å²) >= 11 is 6.96. The van der Waals surface area contributed by atoms with E-state index in [1.54, 1.807) is 14.2 Å². The van der Waals surface area contributed by atoms with Crippen LogP contribution in [-0.2, 0) is 15.6 Å². The molecule has 2 aromatic carbocycles. The summed E-state index contributed by atoms with van der Waals surface area (Å²) in [6.45, 7) is 0. The summed E-state index contributed by atoms with van der Waals surface area (Å²) in [4.78, 5) is 22.6. The number of ketones is 1. The smallest absolute Gasteiger partial charge is 0.303 e. The number of methoxy groups -OCH3 is 2. The predicted molar refractivity (Wildman–Crippen MR) is 140 cm³/mol. The topological polar surface area (TPSA) is 72.8 Å². The molecule has 0 radical (unpaired) electrons. The third-order valence-corrected chi connectivity index (χ3v) is 8.52. The number of aliphatic carboxylic acids is 1. The summed E-state index contributed by atoms with van der Waals surface area (Å²) in [5, 5.41) is 8.76. The SMILES string of the molecule is C.COc1cc2c(cc1Br)C1(CCC2=O)CC1.COc1ccc(C2(CCC(=O)O)CC2)cc1Br. The molecule has 1 N–H and O–H groups in total. The molecular formula is C27H32Br2O5. The number of ether oxygens (including phenoxy) is 2. The molecule has 3 aliphatic rings.